The van der Waals surface area contributed by atoms with Crippen LogP contribution in [0.2, 0.25) is 0 Å². The smallest absolute Gasteiger partial charge is 0.200 e. The zero-order valence-corrected chi connectivity index (χ0v) is 21.4. The highest BCUT2D eigenvalue weighted by Crippen LogP contribution is 2.78. The minimum Gasteiger partial charge on any atom is -0.203 e. The molecule has 45 heavy (non-hydrogen) atoms. The predicted molar refractivity (Wildman–Crippen MR) is 110 cm³/mol. The molecule has 0 amide bonds. The van der Waals surface area contributed by atoms with Crippen LogP contribution in [-0.4, -0.2) is 0 Å². The van der Waals surface area contributed by atoms with Crippen LogP contribution in [0.5, 0.6) is 0 Å². The Labute approximate surface area is 236 Å². The molecule has 0 saturated heterocycles. The van der Waals surface area contributed by atoms with E-state index in [9.17, 15) is 48.3 Å². The van der Waals surface area contributed by atoms with Gasteiger partial charge in [0.05, 0.1) is 19.6 Å². The fourth-order valence-electron chi connectivity index (χ4n) is 4.16. The highest BCUT2D eigenvalue weighted by Gasteiger charge is 2.54. The summed E-state index contributed by atoms with van der Waals surface area (Å²) in [6.45, 7) is 0.146. The minimum atomic E-state index is -7.42. The molecule has 0 atom stereocenters. The molecule has 0 bridgehead atoms. The first kappa shape index (κ1) is 33.8. The monoisotopic (exact) mass is 696 g/mol. The van der Waals surface area contributed by atoms with Gasteiger partial charge in [-0.15, -0.1) is 10.0 Å². The van der Waals surface area contributed by atoms with Crippen LogP contribution >= 0.6 is 10.0 Å². The highest BCUT2D eigenvalue weighted by molar-refractivity contribution is 8.34. The van der Waals surface area contributed by atoms with Gasteiger partial charge in [0.1, 0.15) is 0 Å². The maximum Gasteiger partial charge on any atom is 0.200 e. The molecule has 4 aromatic rings. The van der Waals surface area contributed by atoms with E-state index >= 15 is 35.1 Å². The summed E-state index contributed by atoms with van der Waals surface area (Å²) in [5.41, 5.74) is -1.84. The lowest BCUT2D eigenvalue weighted by Crippen LogP contribution is -2.24. The van der Waals surface area contributed by atoms with Gasteiger partial charge < -0.3 is 0 Å². The molecule has 0 aliphatic rings. The van der Waals surface area contributed by atoms with E-state index in [4.69, 9.17) is 0 Å². The number of hydrogen-bond donors (Lipinski definition) is 0. The maximum atomic E-state index is 15.6. The van der Waals surface area contributed by atoms with E-state index in [1.165, 1.54) is 0 Å². The summed E-state index contributed by atoms with van der Waals surface area (Å²) >= 11 is 0. The van der Waals surface area contributed by atoms with Gasteiger partial charge in [-0.25, -0.2) is 83.4 Å². The molecule has 242 valence electrons. The average Bonchev–Trinajstić information content (AvgIpc) is 3.00. The molecular formula is C25H3F19S. The van der Waals surface area contributed by atoms with Gasteiger partial charge in [0.2, 0.25) is 17.5 Å². The van der Waals surface area contributed by atoms with Crippen molar-refractivity contribution in [2.75, 3.05) is 0 Å². The summed E-state index contributed by atoms with van der Waals surface area (Å²) in [5.74, 6) is -64.7. The van der Waals surface area contributed by atoms with E-state index < -0.39 is 146 Å². The molecule has 0 aliphatic heterocycles. The highest BCUT2D eigenvalue weighted by atomic mass is 32.3. The minimum absolute atomic E-state index is 0.146. The lowest BCUT2D eigenvalue weighted by Gasteiger charge is -2.42. The summed E-state index contributed by atoms with van der Waals surface area (Å²) in [4.78, 5) is -13.6. The number of hydrogen-bond acceptors (Lipinski definition) is 0. The van der Waals surface area contributed by atoms with Crippen LogP contribution in [0.3, 0.4) is 0 Å². The zero-order valence-electron chi connectivity index (χ0n) is 20.6. The van der Waals surface area contributed by atoms with Gasteiger partial charge in [-0.05, 0) is 6.92 Å². The second kappa shape index (κ2) is 11.1. The van der Waals surface area contributed by atoms with Gasteiger partial charge in [-0.3, -0.25) is 0 Å². The topological polar surface area (TPSA) is 0 Å². The van der Waals surface area contributed by atoms with Crippen LogP contribution in [0.25, 0.3) is 0 Å². The fraction of sp³-hybridized carbons (Fsp3) is 0.0400. The summed E-state index contributed by atoms with van der Waals surface area (Å²) in [7, 11) is -7.42. The second-order valence-corrected chi connectivity index (χ2v) is 11.4. The molecule has 0 spiro atoms. The van der Waals surface area contributed by atoms with Crippen LogP contribution in [0.1, 0.15) is 5.56 Å². The van der Waals surface area contributed by atoms with E-state index in [2.05, 4.69) is 0 Å². The van der Waals surface area contributed by atoms with Gasteiger partial charge in [0, 0.05) is 5.56 Å². The lowest BCUT2D eigenvalue weighted by molar-refractivity contribution is 0.348. The SMILES string of the molecule is Cc1c(F)c(F)c(S(c2c(F)c(F)c(F)c(F)c2F)(c2c(F)c(F)c(F)c(F)c2F)c2c(F)c(F)c(F)c(F)c2F)c(F)c1F. The quantitative estimate of drug-likeness (QED) is 0.113. The molecule has 0 N–H and O–H groups in total. The summed E-state index contributed by atoms with van der Waals surface area (Å²) in [6, 6.07) is 0. The van der Waals surface area contributed by atoms with Gasteiger partial charge in [0.15, 0.2) is 93.1 Å². The normalized spacial score (nSPS) is 12.4. The molecule has 0 nitrogen and oxygen atoms in total. The zero-order chi connectivity index (χ0) is 34.4. The van der Waals surface area contributed by atoms with Crippen LogP contribution in [0, 0.1) is 117 Å². The largest absolute Gasteiger partial charge is 0.203 e. The molecule has 0 aromatic heterocycles. The first-order valence-electron chi connectivity index (χ1n) is 10.9. The van der Waals surface area contributed by atoms with Crippen LogP contribution in [0.15, 0.2) is 19.6 Å². The maximum absolute atomic E-state index is 15.6. The van der Waals surface area contributed by atoms with Crippen molar-refractivity contribution >= 4 is 10.0 Å². The Balaban J connectivity index is 2.69. The number of rotatable bonds is 4. The van der Waals surface area contributed by atoms with Crippen molar-refractivity contribution in [1.29, 1.82) is 0 Å². The van der Waals surface area contributed by atoms with E-state index in [0.717, 1.165) is 0 Å². The van der Waals surface area contributed by atoms with Crippen LogP contribution in [-0.2, 0) is 0 Å². The van der Waals surface area contributed by atoms with E-state index in [1.807, 2.05) is 0 Å². The van der Waals surface area contributed by atoms with Crippen LogP contribution in [0.4, 0.5) is 83.4 Å². The van der Waals surface area contributed by atoms with E-state index in [-0.39, 0.29) is 6.92 Å². The molecule has 0 aliphatic carbocycles. The number of benzene rings is 4. The van der Waals surface area contributed by atoms with Crippen molar-refractivity contribution in [2.45, 2.75) is 26.5 Å². The lowest BCUT2D eigenvalue weighted by atomic mass is 10.2. The third-order valence-corrected chi connectivity index (χ3v) is 10.1. The van der Waals surface area contributed by atoms with Crippen molar-refractivity contribution in [3.05, 3.63) is 116 Å². The molecule has 4 rings (SSSR count). The van der Waals surface area contributed by atoms with E-state index in [0.29, 0.717) is 0 Å². The Morgan fingerprint density at radius 3 is 0.533 bits per heavy atom. The molecule has 0 unspecified atom stereocenters. The molecule has 0 heterocycles. The molecule has 20 heteroatoms. The third kappa shape index (κ3) is 4.27. The van der Waals surface area contributed by atoms with Gasteiger partial charge in [0.25, 0.3) is 0 Å². The Bertz CT molecular complexity index is 1570. The summed E-state index contributed by atoms with van der Waals surface area (Å²) < 4.78 is 282. The average molecular weight is 696 g/mol. The van der Waals surface area contributed by atoms with Crippen molar-refractivity contribution in [2.24, 2.45) is 0 Å². The Hall–Kier alpha value is -4.10. The molecule has 4 aromatic carbocycles. The Kier molecular flexibility index (Phi) is 8.30. The first-order chi connectivity index (χ1) is 20.7. The van der Waals surface area contributed by atoms with E-state index in [1.54, 1.807) is 0 Å². The van der Waals surface area contributed by atoms with Gasteiger partial charge in [-0.1, -0.05) is 0 Å². The van der Waals surface area contributed by atoms with Crippen molar-refractivity contribution in [3.8, 4) is 0 Å². The van der Waals surface area contributed by atoms with Gasteiger partial charge in [-0.2, -0.15) is 0 Å². The summed E-state index contributed by atoms with van der Waals surface area (Å²) in [6.07, 6.45) is 0. The molecule has 0 radical (unpaired) electrons. The first-order valence-corrected chi connectivity index (χ1v) is 12.5. The van der Waals surface area contributed by atoms with Crippen molar-refractivity contribution in [3.63, 3.8) is 0 Å². The molecule has 0 fully saturated rings. The standard InChI is InChI=1S/C25H3F19S/c1-2-3(26)14(37)22(15(38)4(2)27)45(23-16(39)8(31)5(28)9(32)17(23)40,24-18(41)10(33)6(29)11(34)19(24)42)25-20(43)12(35)7(30)13(36)21(25)44/h1H3. The second-order valence-electron chi connectivity index (χ2n) is 8.52. The summed E-state index contributed by atoms with van der Waals surface area (Å²) in [5, 5.41) is 0. The third-order valence-electron chi connectivity index (χ3n) is 6.18. The molecular weight excluding hydrogens is 693 g/mol. The van der Waals surface area contributed by atoms with Crippen LogP contribution < -0.4 is 0 Å². The Morgan fingerprint density at radius 1 is 0.222 bits per heavy atom. The predicted octanol–water partition coefficient (Wildman–Crippen LogP) is 9.98. The van der Waals surface area contributed by atoms with Gasteiger partial charge >= 0.3 is 0 Å². The number of halogens is 19. The van der Waals surface area contributed by atoms with Crippen molar-refractivity contribution in [1.82, 2.24) is 0 Å². The Morgan fingerprint density at radius 2 is 0.356 bits per heavy atom. The fourth-order valence-corrected chi connectivity index (χ4v) is 8.26. The van der Waals surface area contributed by atoms with Crippen molar-refractivity contribution < 1.29 is 83.4 Å². The molecule has 0 saturated carbocycles.